The zero-order valence-electron chi connectivity index (χ0n) is 10.3. The molecular formula is C15H17NOS. The third-order valence-electron chi connectivity index (χ3n) is 3.63. The second-order valence-corrected chi connectivity index (χ2v) is 5.86. The molecule has 1 unspecified atom stereocenters. The fourth-order valence-corrected chi connectivity index (χ4v) is 3.25. The highest BCUT2D eigenvalue weighted by atomic mass is 32.1. The van der Waals surface area contributed by atoms with Gasteiger partial charge in [0.15, 0.2) is 0 Å². The highest BCUT2D eigenvalue weighted by molar-refractivity contribution is 7.09. The first kappa shape index (κ1) is 11.8. The monoisotopic (exact) mass is 259 g/mol. The maximum Gasteiger partial charge on any atom is 0.124 e. The number of thiophene rings is 1. The number of rotatable bonds is 3. The molecule has 0 bridgehead atoms. The smallest absolute Gasteiger partial charge is 0.124 e. The molecule has 94 valence electrons. The van der Waals surface area contributed by atoms with E-state index >= 15 is 0 Å². The lowest BCUT2D eigenvalue weighted by atomic mass is 9.81. The fraction of sp³-hybridized carbons (Fsp3) is 0.333. The first-order valence-corrected chi connectivity index (χ1v) is 7.19. The highest BCUT2D eigenvalue weighted by Crippen LogP contribution is 2.38. The second kappa shape index (κ2) is 4.75. The Bertz CT molecular complexity index is 523. The van der Waals surface area contributed by atoms with E-state index in [1.807, 2.05) is 18.2 Å². The molecule has 1 aromatic heterocycles. The van der Waals surface area contributed by atoms with E-state index < -0.39 is 0 Å². The lowest BCUT2D eigenvalue weighted by Crippen LogP contribution is -2.41. The number of ether oxygens (including phenoxy) is 1. The van der Waals surface area contributed by atoms with E-state index in [0.29, 0.717) is 0 Å². The molecule has 0 saturated heterocycles. The highest BCUT2D eigenvalue weighted by Gasteiger charge is 2.33. The predicted molar refractivity (Wildman–Crippen MR) is 75.1 cm³/mol. The summed E-state index contributed by atoms with van der Waals surface area (Å²) in [5, 5.41) is 2.12. The molecule has 0 aliphatic carbocycles. The van der Waals surface area contributed by atoms with E-state index in [2.05, 4.69) is 23.6 Å². The first-order chi connectivity index (χ1) is 8.78. The molecule has 2 aromatic rings. The molecule has 0 amide bonds. The van der Waals surface area contributed by atoms with Crippen molar-refractivity contribution in [2.75, 3.05) is 6.61 Å². The van der Waals surface area contributed by atoms with E-state index in [1.54, 1.807) is 11.3 Å². The van der Waals surface area contributed by atoms with Crippen LogP contribution < -0.4 is 10.5 Å². The van der Waals surface area contributed by atoms with Gasteiger partial charge in [-0.2, -0.15) is 0 Å². The average Bonchev–Trinajstić information content (AvgIpc) is 2.90. The average molecular weight is 259 g/mol. The Labute approximate surface area is 111 Å². The van der Waals surface area contributed by atoms with Gasteiger partial charge in [-0.05, 0) is 30.4 Å². The summed E-state index contributed by atoms with van der Waals surface area (Å²) < 4.78 is 5.68. The molecule has 1 aromatic carbocycles. The molecule has 0 fully saturated rings. The van der Waals surface area contributed by atoms with Gasteiger partial charge in [-0.1, -0.05) is 24.3 Å². The summed E-state index contributed by atoms with van der Waals surface area (Å²) in [5.74, 6) is 0.956. The van der Waals surface area contributed by atoms with Gasteiger partial charge in [0.2, 0.25) is 0 Å². The van der Waals surface area contributed by atoms with Gasteiger partial charge in [-0.3, -0.25) is 0 Å². The Balaban J connectivity index is 1.82. The largest absolute Gasteiger partial charge is 0.493 e. The van der Waals surface area contributed by atoms with Crippen molar-refractivity contribution in [3.8, 4) is 5.75 Å². The Morgan fingerprint density at radius 1 is 1.22 bits per heavy atom. The fourth-order valence-electron chi connectivity index (χ4n) is 2.54. The lowest BCUT2D eigenvalue weighted by Gasteiger charge is -2.35. The Kier molecular flexibility index (Phi) is 3.10. The maximum atomic E-state index is 6.61. The minimum Gasteiger partial charge on any atom is -0.493 e. The van der Waals surface area contributed by atoms with Crippen molar-refractivity contribution in [3.05, 3.63) is 52.2 Å². The molecule has 0 saturated carbocycles. The standard InChI is InChI=1S/C15H17NOS/c16-15(8-7-12-4-3-11-18-12)9-10-17-14-6-2-1-5-13(14)15/h1-6,11H,7-10,16H2. The summed E-state index contributed by atoms with van der Waals surface area (Å²) in [6, 6.07) is 12.4. The molecule has 18 heavy (non-hydrogen) atoms. The third-order valence-corrected chi connectivity index (χ3v) is 4.56. The van der Waals surface area contributed by atoms with Crippen LogP contribution >= 0.6 is 11.3 Å². The van der Waals surface area contributed by atoms with Crippen molar-refractivity contribution >= 4 is 11.3 Å². The van der Waals surface area contributed by atoms with Crippen LogP contribution in [0.15, 0.2) is 41.8 Å². The Morgan fingerprint density at radius 2 is 2.11 bits per heavy atom. The van der Waals surface area contributed by atoms with E-state index in [9.17, 15) is 0 Å². The number of nitrogens with two attached hydrogens (primary N) is 1. The van der Waals surface area contributed by atoms with Gasteiger partial charge in [0.05, 0.1) is 6.61 Å². The van der Waals surface area contributed by atoms with Gasteiger partial charge >= 0.3 is 0 Å². The lowest BCUT2D eigenvalue weighted by molar-refractivity contribution is 0.209. The molecule has 2 N–H and O–H groups in total. The molecule has 1 aliphatic heterocycles. The number of hydrogen-bond donors (Lipinski definition) is 1. The van der Waals surface area contributed by atoms with E-state index in [1.165, 1.54) is 4.88 Å². The quantitative estimate of drug-likeness (QED) is 0.917. The number of benzene rings is 1. The molecule has 2 nitrogen and oxygen atoms in total. The summed E-state index contributed by atoms with van der Waals surface area (Å²) in [6.45, 7) is 0.720. The molecule has 3 rings (SSSR count). The Morgan fingerprint density at radius 3 is 2.94 bits per heavy atom. The summed E-state index contributed by atoms with van der Waals surface area (Å²) >= 11 is 1.80. The minimum atomic E-state index is -0.237. The number of fused-ring (bicyclic) bond motifs is 1. The Hall–Kier alpha value is -1.32. The molecule has 3 heteroatoms. The summed E-state index contributed by atoms with van der Waals surface area (Å²) in [7, 11) is 0. The zero-order valence-corrected chi connectivity index (χ0v) is 11.1. The summed E-state index contributed by atoms with van der Waals surface area (Å²) in [5.41, 5.74) is 7.53. The van der Waals surface area contributed by atoms with E-state index in [0.717, 1.165) is 37.2 Å². The maximum absolute atomic E-state index is 6.61. The summed E-state index contributed by atoms with van der Waals surface area (Å²) in [4.78, 5) is 1.41. The summed E-state index contributed by atoms with van der Waals surface area (Å²) in [6.07, 6.45) is 2.92. The second-order valence-electron chi connectivity index (χ2n) is 4.83. The van der Waals surface area contributed by atoms with Crippen LogP contribution in [0.2, 0.25) is 0 Å². The molecule has 2 heterocycles. The molecule has 1 aliphatic rings. The topological polar surface area (TPSA) is 35.2 Å². The van der Waals surface area contributed by atoms with Crippen LogP contribution in [0.1, 0.15) is 23.3 Å². The number of para-hydroxylation sites is 1. The van der Waals surface area contributed by atoms with Gasteiger partial charge in [0.1, 0.15) is 5.75 Å². The van der Waals surface area contributed by atoms with Crippen LogP contribution in [0, 0.1) is 0 Å². The van der Waals surface area contributed by atoms with Crippen LogP contribution in [-0.4, -0.2) is 6.61 Å². The van der Waals surface area contributed by atoms with Crippen LogP contribution in [0.25, 0.3) is 0 Å². The van der Waals surface area contributed by atoms with Crippen LogP contribution in [-0.2, 0) is 12.0 Å². The van der Waals surface area contributed by atoms with Gasteiger partial charge in [0, 0.05) is 22.4 Å². The van der Waals surface area contributed by atoms with Crippen LogP contribution in [0.4, 0.5) is 0 Å². The van der Waals surface area contributed by atoms with Crippen LogP contribution in [0.3, 0.4) is 0 Å². The third kappa shape index (κ3) is 2.16. The van der Waals surface area contributed by atoms with Crippen molar-refractivity contribution in [1.82, 2.24) is 0 Å². The zero-order chi connectivity index (χ0) is 12.4. The minimum absolute atomic E-state index is 0.237. The number of aryl methyl sites for hydroxylation is 1. The van der Waals surface area contributed by atoms with Gasteiger partial charge in [-0.25, -0.2) is 0 Å². The SMILES string of the molecule is NC1(CCc2cccs2)CCOc2ccccc21. The van der Waals surface area contributed by atoms with E-state index in [4.69, 9.17) is 10.5 Å². The van der Waals surface area contributed by atoms with Gasteiger partial charge < -0.3 is 10.5 Å². The van der Waals surface area contributed by atoms with Crippen molar-refractivity contribution in [2.45, 2.75) is 24.8 Å². The number of hydrogen-bond acceptors (Lipinski definition) is 3. The van der Waals surface area contributed by atoms with Crippen molar-refractivity contribution in [2.24, 2.45) is 5.73 Å². The first-order valence-electron chi connectivity index (χ1n) is 6.31. The van der Waals surface area contributed by atoms with Crippen molar-refractivity contribution in [3.63, 3.8) is 0 Å². The van der Waals surface area contributed by atoms with Crippen molar-refractivity contribution < 1.29 is 4.74 Å². The predicted octanol–water partition coefficient (Wildman–Crippen LogP) is 3.32. The van der Waals surface area contributed by atoms with Gasteiger partial charge in [0.25, 0.3) is 0 Å². The molecule has 0 radical (unpaired) electrons. The normalized spacial score (nSPS) is 22.3. The van der Waals surface area contributed by atoms with E-state index in [-0.39, 0.29) is 5.54 Å². The molecular weight excluding hydrogens is 242 g/mol. The van der Waals surface area contributed by atoms with Crippen LogP contribution in [0.5, 0.6) is 5.75 Å². The van der Waals surface area contributed by atoms with Gasteiger partial charge in [-0.15, -0.1) is 11.3 Å². The molecule has 0 spiro atoms. The van der Waals surface area contributed by atoms with Crippen molar-refractivity contribution in [1.29, 1.82) is 0 Å². The molecule has 1 atom stereocenters.